The van der Waals surface area contributed by atoms with Gasteiger partial charge in [-0.15, -0.1) is 0 Å². The van der Waals surface area contributed by atoms with Gasteiger partial charge in [-0.25, -0.2) is 5.06 Å². The van der Waals surface area contributed by atoms with Crippen LogP contribution in [0.1, 0.15) is 25.7 Å². The first-order valence-corrected chi connectivity index (χ1v) is 8.76. The summed E-state index contributed by atoms with van der Waals surface area (Å²) in [6.07, 6.45) is 3.12. The van der Waals surface area contributed by atoms with Crippen LogP contribution in [-0.4, -0.2) is 85.8 Å². The topological polar surface area (TPSA) is 62.3 Å². The van der Waals surface area contributed by atoms with Crippen LogP contribution in [0.5, 0.6) is 0 Å². The maximum atomic E-state index is 12.5. The van der Waals surface area contributed by atoms with E-state index in [1.807, 2.05) is 4.90 Å². The lowest BCUT2D eigenvalue weighted by molar-refractivity contribution is -0.202. The highest BCUT2D eigenvalue weighted by atomic mass is 16.7. The Labute approximate surface area is 137 Å². The van der Waals surface area contributed by atoms with Crippen molar-refractivity contribution in [3.8, 4) is 0 Å². The van der Waals surface area contributed by atoms with Gasteiger partial charge in [-0.2, -0.15) is 0 Å². The molecule has 0 spiro atoms. The Morgan fingerprint density at radius 1 is 1.09 bits per heavy atom. The first kappa shape index (κ1) is 16.7. The number of carbonyl (C=O) groups excluding carboxylic acids is 2. The number of hydrogen-bond acceptors (Lipinski definition) is 5. The molecule has 23 heavy (non-hydrogen) atoms. The minimum atomic E-state index is -0.115. The van der Waals surface area contributed by atoms with Gasteiger partial charge in [0, 0.05) is 45.7 Å². The van der Waals surface area contributed by atoms with E-state index < -0.39 is 0 Å². The predicted molar refractivity (Wildman–Crippen MR) is 83.5 cm³/mol. The van der Waals surface area contributed by atoms with Crippen LogP contribution in [0.3, 0.4) is 0 Å². The number of carbonyl (C=O) groups is 2. The Bertz CT molecular complexity index is 420. The van der Waals surface area contributed by atoms with Gasteiger partial charge in [0.1, 0.15) is 0 Å². The summed E-state index contributed by atoms with van der Waals surface area (Å²) in [6.45, 7) is 6.76. The molecule has 7 heteroatoms. The predicted octanol–water partition coefficient (Wildman–Crippen LogP) is 0.111. The number of rotatable bonds is 4. The molecule has 3 rings (SSSR count). The molecule has 0 saturated carbocycles. The van der Waals surface area contributed by atoms with Gasteiger partial charge in [-0.05, 0) is 19.3 Å². The number of morpholine rings is 1. The van der Waals surface area contributed by atoms with Gasteiger partial charge in [-0.1, -0.05) is 0 Å². The maximum absolute atomic E-state index is 12.5. The van der Waals surface area contributed by atoms with Gasteiger partial charge >= 0.3 is 0 Å². The van der Waals surface area contributed by atoms with Crippen LogP contribution in [-0.2, 0) is 19.2 Å². The van der Waals surface area contributed by atoms with Gasteiger partial charge in [0.25, 0.3) is 5.91 Å². The molecule has 0 aromatic heterocycles. The van der Waals surface area contributed by atoms with Crippen LogP contribution in [0.4, 0.5) is 0 Å². The summed E-state index contributed by atoms with van der Waals surface area (Å²) in [5, 5.41) is 1.52. The molecular formula is C16H27N3O4. The fourth-order valence-corrected chi connectivity index (χ4v) is 3.39. The molecule has 3 saturated heterocycles. The van der Waals surface area contributed by atoms with Gasteiger partial charge in [0.05, 0.1) is 25.7 Å². The van der Waals surface area contributed by atoms with Crippen molar-refractivity contribution in [2.75, 3.05) is 59.1 Å². The van der Waals surface area contributed by atoms with Crippen molar-refractivity contribution >= 4 is 11.8 Å². The van der Waals surface area contributed by atoms with Crippen molar-refractivity contribution in [2.45, 2.75) is 25.7 Å². The van der Waals surface area contributed by atoms with Gasteiger partial charge < -0.3 is 9.64 Å². The zero-order chi connectivity index (χ0) is 16.1. The molecule has 3 aliphatic rings. The van der Waals surface area contributed by atoms with E-state index in [9.17, 15) is 9.59 Å². The van der Waals surface area contributed by atoms with Crippen LogP contribution in [0.25, 0.3) is 0 Å². The number of hydroxylamine groups is 2. The van der Waals surface area contributed by atoms with Crippen molar-refractivity contribution in [1.29, 1.82) is 0 Å². The van der Waals surface area contributed by atoms with Crippen LogP contribution in [0.2, 0.25) is 0 Å². The van der Waals surface area contributed by atoms with E-state index in [0.29, 0.717) is 39.1 Å². The van der Waals surface area contributed by atoms with E-state index in [1.54, 1.807) is 0 Å². The zero-order valence-electron chi connectivity index (χ0n) is 13.7. The maximum Gasteiger partial charge on any atom is 0.251 e. The third-order valence-corrected chi connectivity index (χ3v) is 4.89. The van der Waals surface area contributed by atoms with Crippen molar-refractivity contribution < 1.29 is 19.2 Å². The summed E-state index contributed by atoms with van der Waals surface area (Å²) in [5.41, 5.74) is 0. The number of likely N-dealkylation sites (tertiary alicyclic amines) is 1. The van der Waals surface area contributed by atoms with Crippen molar-refractivity contribution in [3.63, 3.8) is 0 Å². The van der Waals surface area contributed by atoms with Crippen LogP contribution < -0.4 is 0 Å². The monoisotopic (exact) mass is 325 g/mol. The molecule has 0 radical (unpaired) electrons. The lowest BCUT2D eigenvalue weighted by Crippen LogP contribution is -2.50. The summed E-state index contributed by atoms with van der Waals surface area (Å²) >= 11 is 0. The van der Waals surface area contributed by atoms with Gasteiger partial charge in [0.15, 0.2) is 0 Å². The lowest BCUT2D eigenvalue weighted by atomic mass is 9.96. The second kappa shape index (κ2) is 8.08. The summed E-state index contributed by atoms with van der Waals surface area (Å²) in [5.74, 6) is 0.103. The molecule has 2 amide bonds. The molecule has 3 fully saturated rings. The molecular weight excluding hydrogens is 298 g/mol. The fourth-order valence-electron chi connectivity index (χ4n) is 3.39. The number of hydrogen-bond donors (Lipinski definition) is 0. The molecule has 1 atom stereocenters. The summed E-state index contributed by atoms with van der Waals surface area (Å²) in [7, 11) is 0. The van der Waals surface area contributed by atoms with E-state index in [1.165, 1.54) is 5.06 Å². The van der Waals surface area contributed by atoms with Gasteiger partial charge in [-0.3, -0.25) is 19.3 Å². The molecule has 0 bridgehead atoms. The molecule has 3 aliphatic heterocycles. The average molecular weight is 325 g/mol. The minimum Gasteiger partial charge on any atom is -0.379 e. The smallest absolute Gasteiger partial charge is 0.251 e. The van der Waals surface area contributed by atoms with E-state index in [2.05, 4.69) is 4.90 Å². The van der Waals surface area contributed by atoms with Crippen LogP contribution in [0, 0.1) is 5.92 Å². The Morgan fingerprint density at radius 2 is 1.91 bits per heavy atom. The quantitative estimate of drug-likeness (QED) is 0.734. The normalized spacial score (nSPS) is 27.3. The molecule has 3 heterocycles. The van der Waals surface area contributed by atoms with Crippen molar-refractivity contribution in [2.24, 2.45) is 5.92 Å². The fraction of sp³-hybridized carbons (Fsp3) is 0.875. The van der Waals surface area contributed by atoms with E-state index in [0.717, 1.165) is 45.7 Å². The molecule has 0 N–H and O–H groups in total. The molecule has 0 aromatic rings. The second-order valence-electron chi connectivity index (χ2n) is 6.51. The summed E-state index contributed by atoms with van der Waals surface area (Å²) in [4.78, 5) is 34.3. The lowest BCUT2D eigenvalue weighted by Gasteiger charge is -2.36. The highest BCUT2D eigenvalue weighted by Crippen LogP contribution is 2.21. The zero-order valence-corrected chi connectivity index (χ0v) is 13.7. The van der Waals surface area contributed by atoms with Crippen molar-refractivity contribution in [1.82, 2.24) is 14.9 Å². The Balaban J connectivity index is 1.49. The van der Waals surface area contributed by atoms with Gasteiger partial charge in [0.2, 0.25) is 5.91 Å². The molecule has 0 unspecified atom stereocenters. The van der Waals surface area contributed by atoms with Crippen LogP contribution >= 0.6 is 0 Å². The Morgan fingerprint density at radius 3 is 2.65 bits per heavy atom. The number of amides is 2. The van der Waals surface area contributed by atoms with E-state index >= 15 is 0 Å². The largest absolute Gasteiger partial charge is 0.379 e. The van der Waals surface area contributed by atoms with E-state index in [-0.39, 0.29) is 17.7 Å². The first-order chi connectivity index (χ1) is 11.2. The second-order valence-corrected chi connectivity index (χ2v) is 6.51. The van der Waals surface area contributed by atoms with E-state index in [4.69, 9.17) is 9.57 Å². The third kappa shape index (κ3) is 4.43. The highest BCUT2D eigenvalue weighted by molar-refractivity contribution is 5.83. The first-order valence-electron chi connectivity index (χ1n) is 8.76. The molecule has 0 aromatic carbocycles. The number of ether oxygens (including phenoxy) is 1. The summed E-state index contributed by atoms with van der Waals surface area (Å²) < 4.78 is 5.34. The number of piperidine rings is 1. The number of nitrogens with zero attached hydrogens (tertiary/aromatic N) is 3. The molecule has 0 aliphatic carbocycles. The highest BCUT2D eigenvalue weighted by Gasteiger charge is 2.33. The molecule has 7 nitrogen and oxygen atoms in total. The molecule has 130 valence electrons. The average Bonchev–Trinajstić information content (AvgIpc) is 2.62. The standard InChI is InChI=1S/C16H27N3O4/c20-15-4-3-14(16(21)19-5-1-2-10-23-19)13-18(15)7-6-17-8-11-22-12-9-17/h14H,1-13H2/t14-/m0/s1. The minimum absolute atomic E-state index is 0.0496. The van der Waals surface area contributed by atoms with Crippen LogP contribution in [0.15, 0.2) is 0 Å². The van der Waals surface area contributed by atoms with Crippen molar-refractivity contribution in [3.05, 3.63) is 0 Å². The SMILES string of the molecule is O=C1CC[C@H](C(=O)N2CCCCO2)CN1CCN1CCOCC1. The summed E-state index contributed by atoms with van der Waals surface area (Å²) in [6, 6.07) is 0. The Hall–Kier alpha value is -1.18. The Kier molecular flexibility index (Phi) is 5.85. The third-order valence-electron chi connectivity index (χ3n) is 4.89.